The molecule has 3 N–H and O–H groups in total. The minimum absolute atomic E-state index is 0.435. The van der Waals surface area contributed by atoms with Crippen LogP contribution in [0.1, 0.15) is 30.9 Å². The van der Waals surface area contributed by atoms with E-state index in [0.717, 1.165) is 6.92 Å². The Hall–Kier alpha value is -1.61. The molecule has 1 amide bonds. The number of benzene rings is 1. The molecule has 0 heterocycles. The van der Waals surface area contributed by atoms with Gasteiger partial charge in [-0.05, 0) is 17.6 Å². The van der Waals surface area contributed by atoms with Gasteiger partial charge in [0.2, 0.25) is 5.91 Å². The second-order valence-electron chi connectivity index (χ2n) is 3.72. The molecule has 104 valence electrons. The molecule has 0 fully saturated rings. The van der Waals surface area contributed by atoms with Gasteiger partial charge in [-0.3, -0.25) is 4.79 Å². The van der Waals surface area contributed by atoms with Gasteiger partial charge in [0.1, 0.15) is 0 Å². The number of hydrogen-bond donors (Lipinski definition) is 3. The first-order valence-corrected chi connectivity index (χ1v) is 5.11. The van der Waals surface area contributed by atoms with E-state index in [1.165, 1.54) is 0 Å². The van der Waals surface area contributed by atoms with E-state index in [2.05, 4.69) is 0 Å². The van der Waals surface area contributed by atoms with Gasteiger partial charge in [0, 0.05) is 23.7 Å². The van der Waals surface area contributed by atoms with E-state index >= 15 is 0 Å². The molecule has 0 spiro atoms. The summed E-state index contributed by atoms with van der Waals surface area (Å²) in [5, 5.41) is 20.0. The van der Waals surface area contributed by atoms with Crippen molar-refractivity contribution in [3.8, 4) is 0 Å². The highest BCUT2D eigenvalue weighted by Gasteiger charge is 2.26. The first-order valence-electron chi connectivity index (χ1n) is 5.11. The van der Waals surface area contributed by atoms with Crippen LogP contribution in [0.5, 0.6) is 0 Å². The van der Waals surface area contributed by atoms with E-state index in [-0.39, 0.29) is 0 Å². The molecule has 0 unspecified atom stereocenters. The van der Waals surface area contributed by atoms with Crippen LogP contribution in [0.4, 0.5) is 23.2 Å². The quantitative estimate of drug-likeness (QED) is 0.573. The maximum atomic E-state index is 12.7. The molecular weight excluding hydrogens is 269 g/mol. The first-order chi connectivity index (χ1) is 8.73. The van der Waals surface area contributed by atoms with E-state index in [9.17, 15) is 22.4 Å². The van der Waals surface area contributed by atoms with Crippen molar-refractivity contribution in [1.29, 1.82) is 0 Å². The largest absolute Gasteiger partial charge is 0.488 e. The normalized spacial score (nSPS) is 11.0. The minimum Gasteiger partial charge on any atom is -0.423 e. The average Bonchev–Trinajstić information content (AvgIpc) is 2.26. The molecule has 4 nitrogen and oxygen atoms in total. The van der Waals surface area contributed by atoms with Crippen LogP contribution in [0.15, 0.2) is 12.1 Å². The molecule has 1 aromatic rings. The van der Waals surface area contributed by atoms with Crippen molar-refractivity contribution in [2.75, 3.05) is 5.32 Å². The predicted molar refractivity (Wildman–Crippen MR) is 60.5 cm³/mol. The van der Waals surface area contributed by atoms with Crippen molar-refractivity contribution in [3.05, 3.63) is 23.3 Å². The third-order valence-corrected chi connectivity index (χ3v) is 2.31. The summed E-state index contributed by atoms with van der Waals surface area (Å²) in [6.07, 6.45) is -6.25. The zero-order chi connectivity index (χ0) is 14.7. The van der Waals surface area contributed by atoms with E-state index in [0.29, 0.717) is 12.1 Å². The smallest absolute Gasteiger partial charge is 0.423 e. The van der Waals surface area contributed by atoms with Gasteiger partial charge in [0.05, 0.1) is 0 Å². The number of carbonyl (C=O) groups excluding carboxylic acids is 1. The first kappa shape index (κ1) is 15.5. The van der Waals surface area contributed by atoms with Gasteiger partial charge >= 0.3 is 7.12 Å². The SMILES string of the molecule is CC(=O)Nc1cc(B(O)O)c(C(F)F)cc1C(F)F. The lowest BCUT2D eigenvalue weighted by atomic mass is 9.76. The molecular formula is C10H10BF4NO3. The van der Waals surface area contributed by atoms with Gasteiger partial charge in [-0.25, -0.2) is 17.6 Å². The summed E-state index contributed by atoms with van der Waals surface area (Å²) in [6, 6.07) is 1.16. The van der Waals surface area contributed by atoms with Gasteiger partial charge in [-0.1, -0.05) is 0 Å². The van der Waals surface area contributed by atoms with Crippen molar-refractivity contribution >= 4 is 24.2 Å². The van der Waals surface area contributed by atoms with Gasteiger partial charge in [-0.2, -0.15) is 0 Å². The van der Waals surface area contributed by atoms with Crippen molar-refractivity contribution in [3.63, 3.8) is 0 Å². The number of alkyl halides is 4. The fourth-order valence-corrected chi connectivity index (χ4v) is 1.54. The molecule has 1 aromatic carbocycles. The fourth-order valence-electron chi connectivity index (χ4n) is 1.54. The highest BCUT2D eigenvalue weighted by Crippen LogP contribution is 2.30. The standard InChI is InChI=1S/C10H10BF4NO3/c1-4(17)16-8-3-7(11(18)19)5(9(12)13)2-6(8)10(14)15/h2-3,9-10,18-19H,1H3,(H,16,17). The molecule has 0 bridgehead atoms. The van der Waals surface area contributed by atoms with Crippen LogP contribution in [0.25, 0.3) is 0 Å². The summed E-state index contributed by atoms with van der Waals surface area (Å²) in [5.74, 6) is -0.690. The van der Waals surface area contributed by atoms with E-state index < -0.39 is 48.2 Å². The van der Waals surface area contributed by atoms with Crippen LogP contribution in [0.2, 0.25) is 0 Å². The third-order valence-electron chi connectivity index (χ3n) is 2.31. The van der Waals surface area contributed by atoms with Crippen molar-refractivity contribution in [2.45, 2.75) is 19.8 Å². The summed E-state index contributed by atoms with van der Waals surface area (Å²) in [6.45, 7) is 1.05. The monoisotopic (exact) mass is 279 g/mol. The third kappa shape index (κ3) is 3.68. The van der Waals surface area contributed by atoms with E-state index in [1.807, 2.05) is 5.32 Å². The molecule has 0 aliphatic carbocycles. The lowest BCUT2D eigenvalue weighted by Crippen LogP contribution is -2.34. The number of halogens is 4. The Morgan fingerprint density at radius 3 is 2.05 bits per heavy atom. The minimum atomic E-state index is -3.15. The van der Waals surface area contributed by atoms with Crippen LogP contribution in [0, 0.1) is 0 Å². The summed E-state index contributed by atoms with van der Waals surface area (Å²) in [7, 11) is -2.26. The van der Waals surface area contributed by atoms with E-state index in [4.69, 9.17) is 10.0 Å². The Morgan fingerprint density at radius 2 is 1.68 bits per heavy atom. The molecule has 0 aliphatic heterocycles. The molecule has 1 rings (SSSR count). The molecule has 0 saturated heterocycles. The number of anilines is 1. The van der Waals surface area contributed by atoms with Gasteiger partial charge in [0.25, 0.3) is 12.9 Å². The Bertz CT molecular complexity index is 482. The maximum Gasteiger partial charge on any atom is 0.488 e. The second-order valence-corrected chi connectivity index (χ2v) is 3.72. The molecule has 19 heavy (non-hydrogen) atoms. The second kappa shape index (κ2) is 6.03. The Balaban J connectivity index is 3.45. The zero-order valence-corrected chi connectivity index (χ0v) is 9.70. The molecule has 0 aliphatic rings. The Kier molecular flexibility index (Phi) is 4.90. The molecule has 9 heteroatoms. The molecule has 0 radical (unpaired) electrons. The summed E-state index contributed by atoms with van der Waals surface area (Å²) in [5.41, 5.74) is -2.80. The van der Waals surface area contributed by atoms with Crippen LogP contribution in [-0.4, -0.2) is 23.1 Å². The Labute approximate surface area is 106 Å². The summed E-state index contributed by atoms with van der Waals surface area (Å²) >= 11 is 0. The zero-order valence-electron chi connectivity index (χ0n) is 9.70. The number of rotatable bonds is 4. The lowest BCUT2D eigenvalue weighted by Gasteiger charge is -2.15. The van der Waals surface area contributed by atoms with Crippen molar-refractivity contribution in [1.82, 2.24) is 0 Å². The lowest BCUT2D eigenvalue weighted by molar-refractivity contribution is -0.114. The van der Waals surface area contributed by atoms with Gasteiger partial charge < -0.3 is 15.4 Å². The van der Waals surface area contributed by atoms with Crippen LogP contribution in [0.3, 0.4) is 0 Å². The van der Waals surface area contributed by atoms with Crippen molar-refractivity contribution < 1.29 is 32.4 Å². The Morgan fingerprint density at radius 1 is 1.16 bits per heavy atom. The topological polar surface area (TPSA) is 69.6 Å². The fraction of sp³-hybridized carbons (Fsp3) is 0.300. The van der Waals surface area contributed by atoms with Gasteiger partial charge in [-0.15, -0.1) is 0 Å². The number of carbonyl (C=O) groups is 1. The van der Waals surface area contributed by atoms with Gasteiger partial charge in [0.15, 0.2) is 0 Å². The molecule has 0 atom stereocenters. The maximum absolute atomic E-state index is 12.7. The number of amides is 1. The summed E-state index contributed by atoms with van der Waals surface area (Å²) < 4.78 is 50.8. The summed E-state index contributed by atoms with van der Waals surface area (Å²) in [4.78, 5) is 10.9. The van der Waals surface area contributed by atoms with Crippen molar-refractivity contribution in [2.24, 2.45) is 0 Å². The van der Waals surface area contributed by atoms with E-state index in [1.54, 1.807) is 0 Å². The number of hydrogen-bond acceptors (Lipinski definition) is 3. The predicted octanol–water partition coefficient (Wildman–Crippen LogP) is 1.20. The molecule has 0 aromatic heterocycles. The highest BCUT2D eigenvalue weighted by molar-refractivity contribution is 6.59. The number of nitrogens with one attached hydrogen (secondary N) is 1. The average molecular weight is 279 g/mol. The van der Waals surface area contributed by atoms with Crippen LogP contribution >= 0.6 is 0 Å². The van der Waals surface area contributed by atoms with Crippen LogP contribution in [-0.2, 0) is 4.79 Å². The molecule has 0 saturated carbocycles. The van der Waals surface area contributed by atoms with Crippen LogP contribution < -0.4 is 10.8 Å². The highest BCUT2D eigenvalue weighted by atomic mass is 19.3.